The zero-order valence-corrected chi connectivity index (χ0v) is 13.6. The van der Waals surface area contributed by atoms with Gasteiger partial charge in [-0.3, -0.25) is 0 Å². The second-order valence-corrected chi connectivity index (χ2v) is 6.10. The average molecular weight is 363 g/mol. The van der Waals surface area contributed by atoms with Crippen molar-refractivity contribution in [2.75, 3.05) is 31.6 Å². The Balaban J connectivity index is 2.00. The summed E-state index contributed by atoms with van der Waals surface area (Å²) in [6.07, 6.45) is -6.24. The molecule has 4 nitrogen and oxygen atoms in total. The van der Waals surface area contributed by atoms with Crippen LogP contribution in [0.1, 0.15) is 35.7 Å². The number of piperidine rings is 1. The second kappa shape index (κ2) is 6.87. The lowest BCUT2D eigenvalue weighted by atomic mass is 9.99. The molecule has 2 aliphatic rings. The van der Waals surface area contributed by atoms with Gasteiger partial charge in [0.05, 0.1) is 30.5 Å². The van der Waals surface area contributed by atoms with Crippen LogP contribution in [0.5, 0.6) is 0 Å². The van der Waals surface area contributed by atoms with Crippen molar-refractivity contribution in [1.29, 1.82) is 0 Å². The highest BCUT2D eigenvalue weighted by atomic mass is 19.4. The van der Waals surface area contributed by atoms with Crippen LogP contribution in [-0.2, 0) is 17.5 Å². The summed E-state index contributed by atoms with van der Waals surface area (Å²) in [5, 5.41) is 2.92. The number of alkyl halides is 3. The van der Waals surface area contributed by atoms with Crippen LogP contribution in [0.2, 0.25) is 0 Å². The molecular weight excluding hydrogens is 345 g/mol. The van der Waals surface area contributed by atoms with Crippen LogP contribution < -0.4 is 10.2 Å². The number of hydrogen-bond acceptors (Lipinski definition) is 4. The highest BCUT2D eigenvalue weighted by molar-refractivity contribution is 5.53. The number of aromatic nitrogens is 1. The van der Waals surface area contributed by atoms with Crippen molar-refractivity contribution in [3.05, 3.63) is 34.5 Å². The van der Waals surface area contributed by atoms with Gasteiger partial charge in [0, 0.05) is 13.1 Å². The predicted octanol–water partition coefficient (Wildman–Crippen LogP) is 3.64. The molecule has 3 heterocycles. The predicted molar refractivity (Wildman–Crippen MR) is 81.4 cm³/mol. The van der Waals surface area contributed by atoms with Crippen LogP contribution in [0, 0.1) is 0 Å². The first kappa shape index (κ1) is 18.1. The van der Waals surface area contributed by atoms with Crippen LogP contribution >= 0.6 is 0 Å². The number of nitrogens with zero attached hydrogens (tertiary/aromatic N) is 2. The summed E-state index contributed by atoms with van der Waals surface area (Å²) in [7, 11) is 1.65. The molecule has 1 aromatic rings. The number of ether oxygens (including phenoxy) is 1. The minimum atomic E-state index is -4.57. The first-order chi connectivity index (χ1) is 11.8. The van der Waals surface area contributed by atoms with Crippen molar-refractivity contribution in [2.45, 2.75) is 31.7 Å². The standard InChI is InChI=1S/C16H18F5N3O/c1-22-12-7-25-8-13-10(12)6-11(16(19,20)21)15(23-13)24-4-2-9(3-5-24)14(17)18/h6,12,22H,2-5,7-8H2,1H3. The van der Waals surface area contributed by atoms with E-state index in [9.17, 15) is 22.0 Å². The highest BCUT2D eigenvalue weighted by Crippen LogP contribution is 2.40. The van der Waals surface area contributed by atoms with Crippen LogP contribution in [-0.4, -0.2) is 31.7 Å². The monoisotopic (exact) mass is 363 g/mol. The molecule has 1 saturated heterocycles. The minimum absolute atomic E-state index is 0.00125. The Bertz CT molecular complexity index is 675. The summed E-state index contributed by atoms with van der Waals surface area (Å²) >= 11 is 0. The van der Waals surface area contributed by atoms with Crippen molar-refractivity contribution in [3.8, 4) is 0 Å². The highest BCUT2D eigenvalue weighted by Gasteiger charge is 2.39. The maximum atomic E-state index is 13.6. The molecule has 9 heteroatoms. The summed E-state index contributed by atoms with van der Waals surface area (Å²) in [6, 6.07) is 0.755. The van der Waals surface area contributed by atoms with Gasteiger partial charge < -0.3 is 15.0 Å². The Morgan fingerprint density at radius 3 is 2.52 bits per heavy atom. The topological polar surface area (TPSA) is 37.4 Å². The molecule has 2 aliphatic heterocycles. The molecule has 1 unspecified atom stereocenters. The zero-order valence-electron chi connectivity index (χ0n) is 13.6. The van der Waals surface area contributed by atoms with E-state index in [0.717, 1.165) is 6.07 Å². The molecule has 1 N–H and O–H groups in total. The Morgan fingerprint density at radius 1 is 1.28 bits per heavy atom. The lowest BCUT2D eigenvalue weighted by molar-refractivity contribution is -0.137. The van der Waals surface area contributed by atoms with E-state index in [2.05, 4.69) is 10.3 Å². The van der Waals surface area contributed by atoms with Gasteiger partial charge >= 0.3 is 6.18 Å². The van der Waals surface area contributed by atoms with Gasteiger partial charge in [-0.2, -0.15) is 22.0 Å². The van der Waals surface area contributed by atoms with E-state index >= 15 is 0 Å². The van der Waals surface area contributed by atoms with E-state index < -0.39 is 17.8 Å². The van der Waals surface area contributed by atoms with Crippen LogP contribution in [0.3, 0.4) is 0 Å². The molecule has 138 valence electrons. The summed E-state index contributed by atoms with van der Waals surface area (Å²) in [5.74, 6) is -0.204. The van der Waals surface area contributed by atoms with Gasteiger partial charge in [-0.25, -0.2) is 4.98 Å². The quantitative estimate of drug-likeness (QED) is 0.814. The van der Waals surface area contributed by atoms with Crippen molar-refractivity contribution in [1.82, 2.24) is 10.3 Å². The molecule has 0 bridgehead atoms. The molecule has 0 saturated carbocycles. The minimum Gasteiger partial charge on any atom is -0.373 e. The summed E-state index contributed by atoms with van der Waals surface area (Å²) < 4.78 is 71.4. The number of rotatable bonds is 2. The number of hydrogen-bond donors (Lipinski definition) is 1. The van der Waals surface area contributed by atoms with Crippen molar-refractivity contribution in [3.63, 3.8) is 0 Å². The number of fused-ring (bicyclic) bond motifs is 1. The first-order valence-corrected chi connectivity index (χ1v) is 7.95. The zero-order chi connectivity index (χ0) is 18.2. The number of anilines is 1. The molecule has 0 spiro atoms. The summed E-state index contributed by atoms with van der Waals surface area (Å²) in [5.41, 5.74) is 0.0896. The second-order valence-electron chi connectivity index (χ2n) is 6.10. The molecule has 25 heavy (non-hydrogen) atoms. The van der Waals surface area contributed by atoms with E-state index in [4.69, 9.17) is 4.74 Å². The Kier molecular flexibility index (Phi) is 4.97. The number of pyridine rings is 1. The Morgan fingerprint density at radius 2 is 1.96 bits per heavy atom. The third-order valence-electron chi connectivity index (χ3n) is 4.60. The molecule has 3 rings (SSSR count). The molecule has 0 aliphatic carbocycles. The molecule has 1 aromatic heterocycles. The lowest BCUT2D eigenvalue weighted by Gasteiger charge is -2.33. The van der Waals surface area contributed by atoms with E-state index in [0.29, 0.717) is 11.3 Å². The largest absolute Gasteiger partial charge is 0.419 e. The Hall–Kier alpha value is -1.74. The third kappa shape index (κ3) is 3.62. The number of halogens is 5. The molecule has 0 aromatic carbocycles. The van der Waals surface area contributed by atoms with Crippen molar-refractivity contribution in [2.24, 2.45) is 0 Å². The number of nitrogens with one attached hydrogen (secondary N) is 1. The van der Waals surface area contributed by atoms with E-state index in [-0.39, 0.29) is 56.6 Å². The van der Waals surface area contributed by atoms with Crippen molar-refractivity contribution < 1.29 is 26.7 Å². The van der Waals surface area contributed by atoms with Gasteiger partial charge in [0.1, 0.15) is 5.82 Å². The molecule has 1 fully saturated rings. The SMILES string of the molecule is CNC1COCc2nc(N3CCC(=C(F)F)CC3)c(C(F)(F)F)cc21. The van der Waals surface area contributed by atoms with E-state index in [1.165, 1.54) is 4.90 Å². The van der Waals surface area contributed by atoms with Crippen LogP contribution in [0.25, 0.3) is 0 Å². The van der Waals surface area contributed by atoms with Gasteiger partial charge in [0.15, 0.2) is 0 Å². The molecule has 1 atom stereocenters. The fourth-order valence-corrected chi connectivity index (χ4v) is 3.20. The Labute approximate surface area is 141 Å². The first-order valence-electron chi connectivity index (χ1n) is 7.95. The molecular formula is C16H18F5N3O. The third-order valence-corrected chi connectivity index (χ3v) is 4.60. The summed E-state index contributed by atoms with van der Waals surface area (Å²) in [6.45, 7) is 0.571. The fraction of sp³-hybridized carbons (Fsp3) is 0.562. The lowest BCUT2D eigenvalue weighted by Crippen LogP contribution is -2.35. The van der Waals surface area contributed by atoms with Crippen molar-refractivity contribution >= 4 is 5.82 Å². The van der Waals surface area contributed by atoms with Crippen LogP contribution in [0.4, 0.5) is 27.8 Å². The number of likely N-dealkylation sites (N-methyl/N-ethyl adjacent to an activating group) is 1. The van der Waals surface area contributed by atoms with Gasteiger partial charge in [-0.05, 0) is 37.1 Å². The molecule has 0 radical (unpaired) electrons. The van der Waals surface area contributed by atoms with Gasteiger partial charge in [-0.1, -0.05) is 0 Å². The van der Waals surface area contributed by atoms with Crippen LogP contribution in [0.15, 0.2) is 17.7 Å². The van der Waals surface area contributed by atoms with Gasteiger partial charge in [-0.15, -0.1) is 0 Å². The average Bonchev–Trinajstić information content (AvgIpc) is 2.59. The maximum absolute atomic E-state index is 13.6. The summed E-state index contributed by atoms with van der Waals surface area (Å²) in [4.78, 5) is 5.64. The van der Waals surface area contributed by atoms with E-state index in [1.807, 2.05) is 0 Å². The normalized spacial score (nSPS) is 21.3. The molecule has 0 amide bonds. The van der Waals surface area contributed by atoms with Gasteiger partial charge in [0.25, 0.3) is 6.08 Å². The smallest absolute Gasteiger partial charge is 0.373 e. The van der Waals surface area contributed by atoms with Gasteiger partial charge in [0.2, 0.25) is 0 Å². The fourth-order valence-electron chi connectivity index (χ4n) is 3.20. The maximum Gasteiger partial charge on any atom is 0.419 e. The van der Waals surface area contributed by atoms with E-state index in [1.54, 1.807) is 7.05 Å².